The van der Waals surface area contributed by atoms with Crippen molar-refractivity contribution in [2.24, 2.45) is 45.3 Å². The predicted molar refractivity (Wildman–Crippen MR) is 191 cm³/mol. The third-order valence-corrected chi connectivity index (χ3v) is 14.3. The lowest BCUT2D eigenvalue weighted by atomic mass is 9.32. The highest BCUT2D eigenvalue weighted by Crippen LogP contribution is 2.77. The SMILES string of the molecule is C=C(C)O[C@H]1[C@@H](OC(C)=O)[C@H]2[C@@](C)(CC[C@H]3C4CC(=C)[C@H]5O[C@@]5(C(=O)OC)[C@]4(C)[C@@H](OC(C)=O)[C@@H](OC(C)=O)[C@@]32C)[C@@H]2C=CC(=O)OC[C@]12[C@@H](C)OC(C)=O. The van der Waals surface area contributed by atoms with E-state index in [1.807, 2.05) is 20.8 Å². The number of cyclic esters (lactones) is 1. The minimum Gasteiger partial charge on any atom is -0.491 e. The number of fused-ring (bicyclic) bond motifs is 9. The van der Waals surface area contributed by atoms with E-state index in [0.717, 1.165) is 0 Å². The Labute approximate surface area is 321 Å². The van der Waals surface area contributed by atoms with Crippen molar-refractivity contribution in [2.75, 3.05) is 13.7 Å². The summed E-state index contributed by atoms with van der Waals surface area (Å²) in [5.74, 6) is -5.85. The molecule has 4 saturated carbocycles. The second-order valence-electron chi connectivity index (χ2n) is 17.2. The fourth-order valence-electron chi connectivity index (χ4n) is 12.6. The Morgan fingerprint density at radius 1 is 0.873 bits per heavy atom. The van der Waals surface area contributed by atoms with Crippen molar-refractivity contribution in [3.63, 3.8) is 0 Å². The molecule has 6 aliphatic rings. The van der Waals surface area contributed by atoms with Gasteiger partial charge in [0, 0.05) is 45.1 Å². The van der Waals surface area contributed by atoms with Gasteiger partial charge in [0.15, 0.2) is 0 Å². The molecule has 6 rings (SSSR count). The Hall–Kier alpha value is -4.20. The Morgan fingerprint density at radius 2 is 1.49 bits per heavy atom. The van der Waals surface area contributed by atoms with Crippen molar-refractivity contribution in [1.82, 2.24) is 0 Å². The van der Waals surface area contributed by atoms with Crippen LogP contribution in [0.25, 0.3) is 0 Å². The normalized spacial score (nSPS) is 44.1. The van der Waals surface area contributed by atoms with Crippen molar-refractivity contribution in [2.45, 2.75) is 124 Å². The largest absolute Gasteiger partial charge is 0.491 e. The maximum absolute atomic E-state index is 13.9. The number of allylic oxidation sites excluding steroid dienone is 2. The van der Waals surface area contributed by atoms with Gasteiger partial charge in [0.25, 0.3) is 0 Å². The molecule has 14 nitrogen and oxygen atoms in total. The number of hydrogen-bond acceptors (Lipinski definition) is 14. The lowest BCUT2D eigenvalue weighted by Gasteiger charge is -2.73. The van der Waals surface area contributed by atoms with Crippen LogP contribution in [0.3, 0.4) is 0 Å². The molecule has 15 atom stereocenters. The molecule has 55 heavy (non-hydrogen) atoms. The van der Waals surface area contributed by atoms with E-state index in [4.69, 9.17) is 37.9 Å². The second kappa shape index (κ2) is 13.5. The maximum Gasteiger partial charge on any atom is 0.342 e. The van der Waals surface area contributed by atoms with Gasteiger partial charge >= 0.3 is 35.8 Å². The van der Waals surface area contributed by atoms with Crippen LogP contribution in [0, 0.1) is 45.3 Å². The highest BCUT2D eigenvalue weighted by atomic mass is 16.7. The summed E-state index contributed by atoms with van der Waals surface area (Å²) < 4.78 is 49.2. The maximum atomic E-state index is 13.9. The highest BCUT2D eigenvalue weighted by Gasteiger charge is 2.87. The van der Waals surface area contributed by atoms with Crippen LogP contribution in [0.1, 0.15) is 81.6 Å². The van der Waals surface area contributed by atoms with E-state index in [2.05, 4.69) is 13.2 Å². The van der Waals surface area contributed by atoms with Gasteiger partial charge in [-0.05, 0) is 61.9 Å². The minimum atomic E-state index is -1.59. The van der Waals surface area contributed by atoms with Crippen LogP contribution in [0.15, 0.2) is 36.6 Å². The molecule has 2 aliphatic heterocycles. The predicted octanol–water partition coefficient (Wildman–Crippen LogP) is 4.33. The van der Waals surface area contributed by atoms with Gasteiger partial charge in [-0.2, -0.15) is 0 Å². The summed E-state index contributed by atoms with van der Waals surface area (Å²) in [6.45, 7) is 22.3. The lowest BCUT2D eigenvalue weighted by molar-refractivity contribution is -0.329. The van der Waals surface area contributed by atoms with Crippen molar-refractivity contribution < 1.29 is 66.7 Å². The first-order chi connectivity index (χ1) is 25.6. The minimum absolute atomic E-state index is 0.252. The van der Waals surface area contributed by atoms with Gasteiger partial charge in [0.2, 0.25) is 5.60 Å². The molecule has 1 saturated heterocycles. The fourth-order valence-corrected chi connectivity index (χ4v) is 12.6. The van der Waals surface area contributed by atoms with Gasteiger partial charge in [-0.3, -0.25) is 19.2 Å². The third kappa shape index (κ3) is 5.58. The molecule has 0 amide bonds. The first-order valence-corrected chi connectivity index (χ1v) is 18.9. The van der Waals surface area contributed by atoms with Gasteiger partial charge < -0.3 is 37.9 Å². The summed E-state index contributed by atoms with van der Waals surface area (Å²) in [5.41, 5.74) is -5.68. The number of ether oxygens (including phenoxy) is 8. The average Bonchev–Trinajstić information content (AvgIpc) is 3.87. The van der Waals surface area contributed by atoms with Gasteiger partial charge in [-0.25, -0.2) is 9.59 Å². The first-order valence-electron chi connectivity index (χ1n) is 18.9. The summed E-state index contributed by atoms with van der Waals surface area (Å²) >= 11 is 0. The van der Waals surface area contributed by atoms with Crippen molar-refractivity contribution in [1.29, 1.82) is 0 Å². The zero-order chi connectivity index (χ0) is 40.8. The van der Waals surface area contributed by atoms with Crippen LogP contribution in [-0.2, 0) is 66.7 Å². The molecule has 0 aromatic carbocycles. The Morgan fingerprint density at radius 3 is 2.05 bits per heavy atom. The number of methoxy groups -OCH3 is 1. The number of epoxide rings is 1. The van der Waals surface area contributed by atoms with Crippen molar-refractivity contribution >= 4 is 35.8 Å². The van der Waals surface area contributed by atoms with Gasteiger partial charge in [-0.15, -0.1) is 0 Å². The summed E-state index contributed by atoms with van der Waals surface area (Å²) in [6, 6.07) is 0. The van der Waals surface area contributed by atoms with E-state index < -0.39 is 123 Å². The van der Waals surface area contributed by atoms with Crippen molar-refractivity contribution in [3.05, 3.63) is 36.6 Å². The summed E-state index contributed by atoms with van der Waals surface area (Å²) in [5, 5.41) is 0. The summed E-state index contributed by atoms with van der Waals surface area (Å²) in [7, 11) is 1.26. The Bertz CT molecular complexity index is 1750. The molecule has 0 radical (unpaired) electrons. The molecule has 0 bridgehead atoms. The van der Waals surface area contributed by atoms with Crippen LogP contribution < -0.4 is 0 Å². The van der Waals surface area contributed by atoms with Crippen LogP contribution in [-0.4, -0.2) is 91.8 Å². The monoisotopic (exact) mass is 770 g/mol. The van der Waals surface area contributed by atoms with E-state index in [1.54, 1.807) is 19.9 Å². The number of rotatable bonds is 8. The molecule has 0 aromatic rings. The van der Waals surface area contributed by atoms with Gasteiger partial charge in [0.1, 0.15) is 43.2 Å². The molecular weight excluding hydrogens is 716 g/mol. The molecule has 2 heterocycles. The average molecular weight is 771 g/mol. The van der Waals surface area contributed by atoms with Gasteiger partial charge in [0.05, 0.1) is 23.7 Å². The Balaban J connectivity index is 1.69. The van der Waals surface area contributed by atoms with Crippen LogP contribution in [0.4, 0.5) is 0 Å². The topological polar surface area (TPSA) is 180 Å². The zero-order valence-electron chi connectivity index (χ0n) is 33.4. The molecule has 4 aliphatic carbocycles. The van der Waals surface area contributed by atoms with Gasteiger partial charge in [-0.1, -0.05) is 40.0 Å². The fraction of sp³-hybridized carbons (Fsp3) is 0.707. The molecule has 14 heteroatoms. The number of carbonyl (C=O) groups excluding carboxylic acids is 6. The lowest BCUT2D eigenvalue weighted by Crippen LogP contribution is -2.79. The van der Waals surface area contributed by atoms with Crippen LogP contribution in [0.5, 0.6) is 0 Å². The molecular formula is C41H54O14. The number of hydrogen-bond donors (Lipinski definition) is 0. The smallest absolute Gasteiger partial charge is 0.342 e. The number of esters is 6. The molecule has 1 unspecified atom stereocenters. The van der Waals surface area contributed by atoms with E-state index >= 15 is 0 Å². The zero-order valence-corrected chi connectivity index (χ0v) is 33.4. The first kappa shape index (κ1) is 40.5. The van der Waals surface area contributed by atoms with E-state index in [0.29, 0.717) is 24.8 Å². The Kier molecular flexibility index (Phi) is 9.92. The third-order valence-electron chi connectivity index (χ3n) is 14.3. The van der Waals surface area contributed by atoms with E-state index in [1.165, 1.54) is 40.9 Å². The molecule has 5 fully saturated rings. The van der Waals surface area contributed by atoms with Crippen LogP contribution >= 0.6 is 0 Å². The second-order valence-corrected chi connectivity index (χ2v) is 17.2. The van der Waals surface area contributed by atoms with Crippen LogP contribution in [0.2, 0.25) is 0 Å². The summed E-state index contributed by atoms with van der Waals surface area (Å²) in [6.07, 6.45) is -2.03. The molecule has 0 aromatic heterocycles. The molecule has 0 N–H and O–H groups in total. The summed E-state index contributed by atoms with van der Waals surface area (Å²) in [4.78, 5) is 79.7. The van der Waals surface area contributed by atoms with E-state index in [-0.39, 0.29) is 12.4 Å². The highest BCUT2D eigenvalue weighted by molar-refractivity contribution is 5.87. The quantitative estimate of drug-likeness (QED) is 0.112. The molecule has 302 valence electrons. The number of carbonyl (C=O) groups is 6. The molecule has 0 spiro atoms. The van der Waals surface area contributed by atoms with Crippen molar-refractivity contribution in [3.8, 4) is 0 Å². The van der Waals surface area contributed by atoms with E-state index in [9.17, 15) is 28.8 Å². The standard InChI is InChI=1S/C41H54O14/c1-19(2)50-33-30(52-23(6)43)31-37(9,28-13-14-29(46)49-18-40(28,33)21(4)51-22(5)42)16-15-26-27-17-20(3)32-41(55-32,36(47)48-12)39(27,11)35(54-25(8)45)34(38(26,31)10)53-24(7)44/h13-14,21,26-28,30-35H,1,3,15-18H2,2,4-12H3/t21-,26+,27?,28+,30+,31+,32-,33+,34-,35+,37+,38+,39+,40-,41+/m1/s1.